The highest BCUT2D eigenvalue weighted by molar-refractivity contribution is 5.76. The molecule has 0 bridgehead atoms. The molecule has 2 saturated heterocycles. The molecule has 4 aliphatic heterocycles. The fraction of sp³-hybridized carbons (Fsp3) is 0.618. The van der Waals surface area contributed by atoms with Gasteiger partial charge in [0.2, 0.25) is 0 Å². The van der Waals surface area contributed by atoms with E-state index in [9.17, 15) is 4.79 Å². The Morgan fingerprint density at radius 1 is 0.791 bits per heavy atom. The second-order valence-corrected chi connectivity index (χ2v) is 12.3. The molecule has 2 aromatic rings. The van der Waals surface area contributed by atoms with Crippen molar-refractivity contribution in [1.29, 1.82) is 0 Å². The van der Waals surface area contributed by atoms with Crippen LogP contribution in [0.5, 0.6) is 23.0 Å². The van der Waals surface area contributed by atoms with Gasteiger partial charge >= 0.3 is 6.03 Å². The minimum absolute atomic E-state index is 0.0297. The van der Waals surface area contributed by atoms with E-state index in [0.717, 1.165) is 68.2 Å². The van der Waals surface area contributed by atoms with Crippen LogP contribution in [0.4, 0.5) is 4.79 Å². The third-order valence-electron chi connectivity index (χ3n) is 10.4. The smallest absolute Gasteiger partial charge is 0.320 e. The molecule has 0 aliphatic carbocycles. The number of rotatable bonds is 7. The Balaban J connectivity index is 1.35. The standard InChI is InChI=1S/C34H47N3O6/c1-6-22-21-36-9-7-23-17-30(39-2)32(41-4)19-26(23)28(36)15-25(22)16-29-27-20-33(42-5)31(40-3)18-24(27)8-10-37(29)34(38)35-11-13-43-14-12-35/h17-20,22,25,28-29H,6-16,21H2,1-5H3/t22-,25-,28-,29+/m0/s1. The van der Waals surface area contributed by atoms with Gasteiger partial charge in [0.05, 0.1) is 47.7 Å². The molecular weight excluding hydrogens is 546 g/mol. The van der Waals surface area contributed by atoms with Gasteiger partial charge in [-0.1, -0.05) is 13.3 Å². The van der Waals surface area contributed by atoms with Gasteiger partial charge in [0.25, 0.3) is 0 Å². The summed E-state index contributed by atoms with van der Waals surface area (Å²) in [6.45, 7) is 7.62. The zero-order valence-corrected chi connectivity index (χ0v) is 26.4. The van der Waals surface area contributed by atoms with Crippen LogP contribution in [0.3, 0.4) is 0 Å². The monoisotopic (exact) mass is 593 g/mol. The molecule has 9 nitrogen and oxygen atoms in total. The Kier molecular flexibility index (Phi) is 8.91. The van der Waals surface area contributed by atoms with Gasteiger partial charge in [0, 0.05) is 38.8 Å². The van der Waals surface area contributed by atoms with Crippen molar-refractivity contribution in [3.63, 3.8) is 0 Å². The minimum Gasteiger partial charge on any atom is -0.493 e. The highest BCUT2D eigenvalue weighted by Crippen LogP contribution is 2.49. The summed E-state index contributed by atoms with van der Waals surface area (Å²) in [7, 11) is 6.79. The van der Waals surface area contributed by atoms with E-state index < -0.39 is 0 Å². The van der Waals surface area contributed by atoms with E-state index in [2.05, 4.69) is 41.0 Å². The highest BCUT2D eigenvalue weighted by atomic mass is 16.5. The van der Waals surface area contributed by atoms with Crippen LogP contribution in [0.1, 0.15) is 60.5 Å². The average molecular weight is 594 g/mol. The minimum atomic E-state index is -0.0297. The van der Waals surface area contributed by atoms with E-state index in [4.69, 9.17) is 23.7 Å². The first-order valence-electron chi connectivity index (χ1n) is 15.9. The number of fused-ring (bicyclic) bond motifs is 4. The van der Waals surface area contributed by atoms with Crippen molar-refractivity contribution in [1.82, 2.24) is 14.7 Å². The number of methoxy groups -OCH3 is 4. The number of urea groups is 1. The lowest BCUT2D eigenvalue weighted by Crippen LogP contribution is -2.52. The number of ether oxygens (including phenoxy) is 5. The van der Waals surface area contributed by atoms with Crippen LogP contribution in [0.15, 0.2) is 24.3 Å². The molecular formula is C34H47N3O6. The molecule has 0 aromatic heterocycles. The largest absolute Gasteiger partial charge is 0.493 e. The predicted octanol–water partition coefficient (Wildman–Crippen LogP) is 5.11. The summed E-state index contributed by atoms with van der Waals surface area (Å²) in [5, 5.41) is 0. The van der Waals surface area contributed by atoms with E-state index in [1.165, 1.54) is 22.3 Å². The molecule has 6 rings (SSSR count). The summed E-state index contributed by atoms with van der Waals surface area (Å²) >= 11 is 0. The maximum atomic E-state index is 14.1. The fourth-order valence-corrected chi connectivity index (χ4v) is 7.99. The summed E-state index contributed by atoms with van der Waals surface area (Å²) in [5.74, 6) is 4.07. The van der Waals surface area contributed by atoms with Crippen LogP contribution >= 0.6 is 0 Å². The third-order valence-corrected chi connectivity index (χ3v) is 10.4. The van der Waals surface area contributed by atoms with E-state index in [1.807, 2.05) is 4.90 Å². The molecule has 4 aliphatic rings. The Bertz CT molecular complexity index is 1310. The second kappa shape index (κ2) is 12.8. The number of carbonyl (C=O) groups is 1. The number of hydrogen-bond donors (Lipinski definition) is 0. The Labute approximate surface area is 256 Å². The highest BCUT2D eigenvalue weighted by Gasteiger charge is 2.42. The SMILES string of the molecule is CC[C@H]1CN2CCc3cc(OC)c(OC)cc3[C@@H]2C[C@H]1C[C@@H]1c2cc(OC)c(OC)cc2CCN1C(=O)N1CCOCC1. The number of amides is 2. The van der Waals surface area contributed by atoms with Gasteiger partial charge in [-0.25, -0.2) is 4.79 Å². The molecule has 0 saturated carbocycles. The van der Waals surface area contributed by atoms with Gasteiger partial charge in [-0.2, -0.15) is 0 Å². The molecule has 4 heterocycles. The molecule has 0 N–H and O–H groups in total. The van der Waals surface area contributed by atoms with Crippen molar-refractivity contribution in [2.24, 2.45) is 11.8 Å². The maximum Gasteiger partial charge on any atom is 0.320 e. The number of piperidine rings is 1. The lowest BCUT2D eigenvalue weighted by Gasteiger charge is -2.49. The van der Waals surface area contributed by atoms with Crippen LogP contribution in [0.2, 0.25) is 0 Å². The van der Waals surface area contributed by atoms with E-state index >= 15 is 0 Å². The number of hydrogen-bond acceptors (Lipinski definition) is 7. The first-order valence-corrected chi connectivity index (χ1v) is 15.9. The van der Waals surface area contributed by atoms with Crippen LogP contribution in [0, 0.1) is 11.8 Å². The van der Waals surface area contributed by atoms with Crippen molar-refractivity contribution >= 4 is 6.03 Å². The molecule has 2 aromatic carbocycles. The quantitative estimate of drug-likeness (QED) is 0.442. The Morgan fingerprint density at radius 2 is 1.37 bits per heavy atom. The normalized spacial score (nSPS) is 25.3. The van der Waals surface area contributed by atoms with E-state index in [1.54, 1.807) is 28.4 Å². The fourth-order valence-electron chi connectivity index (χ4n) is 7.99. The van der Waals surface area contributed by atoms with Crippen LogP contribution in [0.25, 0.3) is 0 Å². The first kappa shape index (κ1) is 29.9. The van der Waals surface area contributed by atoms with Crippen molar-refractivity contribution in [3.05, 3.63) is 46.5 Å². The predicted molar refractivity (Wildman–Crippen MR) is 165 cm³/mol. The number of benzene rings is 2. The van der Waals surface area contributed by atoms with Gasteiger partial charge in [-0.05, 0) is 84.0 Å². The summed E-state index contributed by atoms with van der Waals surface area (Å²) in [5.41, 5.74) is 5.16. The van der Waals surface area contributed by atoms with Gasteiger partial charge in [0.1, 0.15) is 0 Å². The van der Waals surface area contributed by atoms with Crippen LogP contribution < -0.4 is 18.9 Å². The maximum absolute atomic E-state index is 14.1. The number of nitrogens with zero attached hydrogens (tertiary/aromatic N) is 3. The molecule has 0 unspecified atom stereocenters. The molecule has 0 spiro atoms. The Morgan fingerprint density at radius 3 is 2.00 bits per heavy atom. The Hall–Kier alpha value is -3.17. The molecule has 2 fully saturated rings. The number of carbonyl (C=O) groups excluding carboxylic acids is 1. The van der Waals surface area contributed by atoms with Gasteiger partial charge in [-0.15, -0.1) is 0 Å². The van der Waals surface area contributed by atoms with Crippen molar-refractivity contribution in [2.75, 3.05) is 74.4 Å². The zero-order chi connectivity index (χ0) is 30.1. The number of morpholine rings is 1. The molecule has 234 valence electrons. The average Bonchev–Trinajstić information content (AvgIpc) is 3.06. The summed E-state index contributed by atoms with van der Waals surface area (Å²) < 4.78 is 28.4. The van der Waals surface area contributed by atoms with Crippen molar-refractivity contribution < 1.29 is 28.5 Å². The van der Waals surface area contributed by atoms with Crippen molar-refractivity contribution in [2.45, 2.75) is 51.1 Å². The molecule has 0 radical (unpaired) electrons. The van der Waals surface area contributed by atoms with Gasteiger partial charge < -0.3 is 33.5 Å². The van der Waals surface area contributed by atoms with E-state index in [-0.39, 0.29) is 12.1 Å². The summed E-state index contributed by atoms with van der Waals surface area (Å²) in [4.78, 5) is 20.9. The lowest BCUT2D eigenvalue weighted by atomic mass is 9.72. The first-order chi connectivity index (χ1) is 21.0. The van der Waals surface area contributed by atoms with Crippen LogP contribution in [-0.4, -0.2) is 95.1 Å². The van der Waals surface area contributed by atoms with Gasteiger partial charge in [-0.3, -0.25) is 4.90 Å². The lowest BCUT2D eigenvalue weighted by molar-refractivity contribution is 0.0220. The third kappa shape index (κ3) is 5.62. The summed E-state index contributed by atoms with van der Waals surface area (Å²) in [6.07, 6.45) is 4.92. The topological polar surface area (TPSA) is 72.9 Å². The second-order valence-electron chi connectivity index (χ2n) is 12.3. The van der Waals surface area contributed by atoms with E-state index in [0.29, 0.717) is 50.7 Å². The molecule has 2 amide bonds. The van der Waals surface area contributed by atoms with Gasteiger partial charge in [0.15, 0.2) is 23.0 Å². The van der Waals surface area contributed by atoms with Crippen molar-refractivity contribution in [3.8, 4) is 23.0 Å². The molecule has 9 heteroatoms. The summed E-state index contributed by atoms with van der Waals surface area (Å²) in [6, 6.07) is 9.04. The van der Waals surface area contributed by atoms with Crippen LogP contribution in [-0.2, 0) is 17.6 Å². The molecule has 43 heavy (non-hydrogen) atoms. The molecule has 4 atom stereocenters. The zero-order valence-electron chi connectivity index (χ0n) is 26.4.